The van der Waals surface area contributed by atoms with Crippen molar-refractivity contribution in [1.29, 1.82) is 0 Å². The Labute approximate surface area is 311 Å². The quantitative estimate of drug-likeness (QED) is 0.0728. The van der Waals surface area contributed by atoms with Gasteiger partial charge < -0.3 is 34.9 Å². The van der Waals surface area contributed by atoms with Crippen molar-refractivity contribution in [1.82, 2.24) is 5.32 Å². The van der Waals surface area contributed by atoms with Crippen LogP contribution in [0.1, 0.15) is 62.4 Å². The van der Waals surface area contributed by atoms with E-state index in [2.05, 4.69) is 16.0 Å². The lowest BCUT2D eigenvalue weighted by molar-refractivity contribution is -0.114. The lowest BCUT2D eigenvalue weighted by Crippen LogP contribution is -2.30. The molecule has 272 valence electrons. The van der Waals surface area contributed by atoms with Crippen molar-refractivity contribution < 1.29 is 38.1 Å². The van der Waals surface area contributed by atoms with E-state index < -0.39 is 17.8 Å². The van der Waals surface area contributed by atoms with Crippen LogP contribution < -0.4 is 30.2 Å². The summed E-state index contributed by atoms with van der Waals surface area (Å²) in [6, 6.07) is 18.9. The molecule has 0 radical (unpaired) electrons. The van der Waals surface area contributed by atoms with Crippen molar-refractivity contribution in [3.05, 3.63) is 99.6 Å². The van der Waals surface area contributed by atoms with Gasteiger partial charge in [0.2, 0.25) is 11.7 Å². The lowest BCUT2D eigenvalue weighted by atomic mass is 9.96. The predicted molar refractivity (Wildman–Crippen MR) is 204 cm³/mol. The molecular weight excluding hydrogens is 703 g/mol. The Morgan fingerprint density at radius 1 is 0.808 bits per heavy atom. The molecule has 1 heterocycles. The third-order valence-corrected chi connectivity index (χ3v) is 10.5. The van der Waals surface area contributed by atoms with Gasteiger partial charge in [0, 0.05) is 21.0 Å². The normalized spacial score (nSPS) is 12.7. The average molecular weight is 744 g/mol. The minimum absolute atomic E-state index is 0.0352. The van der Waals surface area contributed by atoms with Gasteiger partial charge in [-0.15, -0.1) is 23.1 Å². The van der Waals surface area contributed by atoms with Gasteiger partial charge in [-0.2, -0.15) is 0 Å². The molecule has 3 aromatic carbocycles. The molecule has 11 nitrogen and oxygen atoms in total. The van der Waals surface area contributed by atoms with Crippen LogP contribution in [0.15, 0.2) is 77.3 Å². The van der Waals surface area contributed by atoms with Crippen molar-refractivity contribution in [2.75, 3.05) is 44.8 Å². The molecule has 1 aliphatic rings. The summed E-state index contributed by atoms with van der Waals surface area (Å²) in [5, 5.41) is 9.06. The first-order chi connectivity index (χ1) is 25.2. The van der Waals surface area contributed by atoms with Crippen LogP contribution >= 0.6 is 23.1 Å². The second-order valence-electron chi connectivity index (χ2n) is 11.8. The number of hydrogen-bond acceptors (Lipinski definition) is 10. The number of rotatable bonds is 13. The van der Waals surface area contributed by atoms with Crippen LogP contribution in [-0.4, -0.2) is 57.9 Å². The summed E-state index contributed by atoms with van der Waals surface area (Å²) in [6.45, 7) is 0. The van der Waals surface area contributed by atoms with Gasteiger partial charge in [-0.05, 0) is 85.4 Å². The van der Waals surface area contributed by atoms with Crippen LogP contribution in [0.5, 0.6) is 17.2 Å². The van der Waals surface area contributed by atoms with Gasteiger partial charge in [0.05, 0.1) is 39.8 Å². The minimum Gasteiger partial charge on any atom is -0.493 e. The molecule has 0 saturated heterocycles. The van der Waals surface area contributed by atoms with E-state index in [1.165, 1.54) is 57.6 Å². The second kappa shape index (κ2) is 18.3. The maximum atomic E-state index is 13.7. The number of thioether (sulfide) groups is 1. The van der Waals surface area contributed by atoms with Crippen LogP contribution in [0.2, 0.25) is 0 Å². The number of carbonyl (C=O) groups is 4. The van der Waals surface area contributed by atoms with Crippen LogP contribution in [0.4, 0.5) is 10.7 Å². The largest absolute Gasteiger partial charge is 0.493 e. The summed E-state index contributed by atoms with van der Waals surface area (Å²) in [4.78, 5) is 54.7. The fraction of sp³-hybridized carbons (Fsp3) is 0.282. The van der Waals surface area contributed by atoms with Crippen LogP contribution in [0.3, 0.4) is 0 Å². The summed E-state index contributed by atoms with van der Waals surface area (Å²) >= 11 is 2.74. The van der Waals surface area contributed by atoms with E-state index in [1.807, 2.05) is 6.07 Å². The SMILES string of the molecule is COC(=O)c1c(NC(=O)CSc2cccc(NC(=O)/C(=C\c3cc(OC)c(OC)c(OC)c3)NC(=O)c3ccccc3)c2)sc2c1CCCCCC2. The third kappa shape index (κ3) is 9.53. The molecule has 0 unspecified atom stereocenters. The number of carbonyl (C=O) groups excluding carboxylic acids is 4. The van der Waals surface area contributed by atoms with E-state index in [0.29, 0.717) is 44.6 Å². The number of thiophene rings is 1. The molecule has 0 saturated carbocycles. The Bertz CT molecular complexity index is 1930. The number of fused-ring (bicyclic) bond motifs is 1. The first-order valence-electron chi connectivity index (χ1n) is 16.7. The maximum absolute atomic E-state index is 13.7. The summed E-state index contributed by atoms with van der Waals surface area (Å²) < 4.78 is 21.4. The summed E-state index contributed by atoms with van der Waals surface area (Å²) in [5.41, 5.74) is 2.74. The highest BCUT2D eigenvalue weighted by molar-refractivity contribution is 8.00. The highest BCUT2D eigenvalue weighted by Crippen LogP contribution is 2.39. The summed E-state index contributed by atoms with van der Waals surface area (Å²) in [5.74, 6) is -0.557. The number of esters is 1. The maximum Gasteiger partial charge on any atom is 0.341 e. The molecule has 3 amide bonds. The van der Waals surface area contributed by atoms with Gasteiger partial charge in [0.15, 0.2) is 11.5 Å². The number of aryl methyl sites for hydroxylation is 1. The number of nitrogens with one attached hydrogen (secondary N) is 3. The Balaban J connectivity index is 1.32. The number of amides is 3. The molecule has 13 heteroatoms. The minimum atomic E-state index is -0.582. The van der Waals surface area contributed by atoms with Crippen molar-refractivity contribution in [2.24, 2.45) is 0 Å². The molecule has 4 aromatic rings. The molecule has 1 aliphatic carbocycles. The van der Waals surface area contributed by atoms with Crippen LogP contribution in [-0.2, 0) is 27.2 Å². The molecule has 3 N–H and O–H groups in total. The Hall–Kier alpha value is -5.27. The Kier molecular flexibility index (Phi) is 13.4. The molecule has 5 rings (SSSR count). The molecular formula is C39H41N3O8S2. The third-order valence-electron chi connectivity index (χ3n) is 8.30. The fourth-order valence-corrected chi connectivity index (χ4v) is 7.84. The number of benzene rings is 3. The lowest BCUT2D eigenvalue weighted by Gasteiger charge is -2.15. The summed E-state index contributed by atoms with van der Waals surface area (Å²) in [6.07, 6.45) is 7.48. The zero-order valence-corrected chi connectivity index (χ0v) is 31.1. The summed E-state index contributed by atoms with van der Waals surface area (Å²) in [7, 11) is 5.82. The van der Waals surface area contributed by atoms with Gasteiger partial charge in [-0.3, -0.25) is 14.4 Å². The van der Waals surface area contributed by atoms with Crippen molar-refractivity contribution in [3.63, 3.8) is 0 Å². The van der Waals surface area contributed by atoms with E-state index in [9.17, 15) is 19.2 Å². The molecule has 0 bridgehead atoms. The molecule has 0 fully saturated rings. The number of anilines is 2. The molecule has 0 aliphatic heterocycles. The zero-order valence-electron chi connectivity index (χ0n) is 29.5. The van der Waals surface area contributed by atoms with E-state index >= 15 is 0 Å². The van der Waals surface area contributed by atoms with Crippen LogP contribution in [0.25, 0.3) is 6.08 Å². The Morgan fingerprint density at radius 2 is 1.52 bits per heavy atom. The van der Waals surface area contributed by atoms with Gasteiger partial charge in [0.1, 0.15) is 10.7 Å². The van der Waals surface area contributed by atoms with Gasteiger partial charge in [0.25, 0.3) is 11.8 Å². The Morgan fingerprint density at radius 3 is 2.19 bits per heavy atom. The molecule has 52 heavy (non-hydrogen) atoms. The highest BCUT2D eigenvalue weighted by atomic mass is 32.2. The van der Waals surface area contributed by atoms with Gasteiger partial charge >= 0.3 is 5.97 Å². The van der Waals surface area contributed by atoms with Crippen molar-refractivity contribution in [2.45, 2.75) is 43.4 Å². The zero-order chi connectivity index (χ0) is 37.0. The molecule has 0 atom stereocenters. The first kappa shape index (κ1) is 38.0. The molecule has 1 aromatic heterocycles. The van der Waals surface area contributed by atoms with E-state index in [0.717, 1.165) is 53.9 Å². The second-order valence-corrected chi connectivity index (χ2v) is 13.9. The van der Waals surface area contributed by atoms with E-state index in [1.54, 1.807) is 60.7 Å². The van der Waals surface area contributed by atoms with Crippen molar-refractivity contribution >= 4 is 63.6 Å². The monoisotopic (exact) mass is 743 g/mol. The van der Waals surface area contributed by atoms with Gasteiger partial charge in [-0.1, -0.05) is 37.1 Å². The number of methoxy groups -OCH3 is 4. The van der Waals surface area contributed by atoms with Crippen LogP contribution in [0, 0.1) is 0 Å². The topological polar surface area (TPSA) is 141 Å². The molecule has 0 spiro atoms. The standard InChI is InChI=1S/C39H41N3O8S2/c1-47-30-20-24(21-31(48-2)35(30)49-3)19-29(41-36(44)25-13-8-7-9-14-25)37(45)40-26-15-12-16-27(22-26)51-23-33(43)42-38-34(39(46)50-4)28-17-10-5-6-11-18-32(28)52-38/h7-9,12-16,19-22H,5-6,10-11,17-18,23H2,1-4H3,(H,40,45)(H,41,44)(H,42,43)/b29-19+. The first-order valence-corrected chi connectivity index (χ1v) is 18.5. The van der Waals surface area contributed by atoms with Gasteiger partial charge in [-0.25, -0.2) is 4.79 Å². The van der Waals surface area contributed by atoms with E-state index in [-0.39, 0.29) is 17.4 Å². The smallest absolute Gasteiger partial charge is 0.341 e. The fourth-order valence-electron chi connectivity index (χ4n) is 5.79. The number of ether oxygens (including phenoxy) is 4. The highest BCUT2D eigenvalue weighted by Gasteiger charge is 2.26. The van der Waals surface area contributed by atoms with E-state index in [4.69, 9.17) is 18.9 Å². The number of hydrogen-bond donors (Lipinski definition) is 3. The predicted octanol–water partition coefficient (Wildman–Crippen LogP) is 7.36. The van der Waals surface area contributed by atoms with Crippen molar-refractivity contribution in [3.8, 4) is 17.2 Å². The average Bonchev–Trinajstić information content (AvgIpc) is 3.48.